The molecule has 0 spiro atoms. The number of rotatable bonds is 3. The lowest BCUT2D eigenvalue weighted by atomic mass is 10.3. The molecule has 4 heteroatoms. The molecule has 1 aromatic rings. The van der Waals surface area contributed by atoms with Crippen LogP contribution < -0.4 is 10.6 Å². The average molecular weight is 302 g/mol. The van der Waals surface area contributed by atoms with Gasteiger partial charge in [-0.15, -0.1) is 6.58 Å². The summed E-state index contributed by atoms with van der Waals surface area (Å²) in [5.41, 5.74) is 0.790. The molecule has 0 heterocycles. The quantitative estimate of drug-likeness (QED) is 0.654. The molecule has 2 N–H and O–H groups in total. The maximum Gasteiger partial charge on any atom is 0.319 e. The smallest absolute Gasteiger partial charge is 0.319 e. The molecule has 0 aliphatic rings. The van der Waals surface area contributed by atoms with E-state index >= 15 is 0 Å². The van der Waals surface area contributed by atoms with Crippen LogP contribution in [0.1, 0.15) is 0 Å². The van der Waals surface area contributed by atoms with Crippen LogP contribution in [0.4, 0.5) is 10.5 Å². The molecule has 1 rings (SSSR count). The van der Waals surface area contributed by atoms with Crippen molar-refractivity contribution in [2.24, 2.45) is 0 Å². The molecule has 0 bridgehead atoms. The van der Waals surface area contributed by atoms with Crippen molar-refractivity contribution in [3.05, 3.63) is 40.5 Å². The number of halogens is 1. The lowest BCUT2D eigenvalue weighted by molar-refractivity contribution is 0.253. The topological polar surface area (TPSA) is 41.1 Å². The summed E-state index contributed by atoms with van der Waals surface area (Å²) in [6.45, 7) is 3.98. The molecule has 74 valence electrons. The van der Waals surface area contributed by atoms with Crippen LogP contribution in [-0.4, -0.2) is 12.6 Å². The summed E-state index contributed by atoms with van der Waals surface area (Å²) in [4.78, 5) is 11.2. The van der Waals surface area contributed by atoms with Crippen LogP contribution >= 0.6 is 22.6 Å². The number of anilines is 1. The van der Waals surface area contributed by atoms with E-state index in [2.05, 4.69) is 39.8 Å². The van der Waals surface area contributed by atoms with Gasteiger partial charge < -0.3 is 10.6 Å². The minimum absolute atomic E-state index is 0.216. The molecule has 14 heavy (non-hydrogen) atoms. The second kappa shape index (κ2) is 5.64. The standard InChI is InChI=1S/C10H11IN2O/c1-2-6-12-10(14)13-9-5-3-4-8(11)7-9/h2-5,7H,1,6H2,(H2,12,13,14). The Kier molecular flexibility index (Phi) is 4.45. The number of carbonyl (C=O) groups is 1. The number of benzene rings is 1. The molecule has 1 aromatic carbocycles. The molecule has 2 amide bonds. The molecule has 0 aliphatic carbocycles. The van der Waals surface area contributed by atoms with Gasteiger partial charge in [0.15, 0.2) is 0 Å². The maximum absolute atomic E-state index is 11.2. The average Bonchev–Trinajstić information content (AvgIpc) is 2.15. The van der Waals surface area contributed by atoms with Crippen molar-refractivity contribution in [1.82, 2.24) is 5.32 Å². The summed E-state index contributed by atoms with van der Waals surface area (Å²) in [6, 6.07) is 7.38. The lowest BCUT2D eigenvalue weighted by Crippen LogP contribution is -2.28. The van der Waals surface area contributed by atoms with Crippen LogP contribution in [0.15, 0.2) is 36.9 Å². The second-order valence-corrected chi connectivity index (χ2v) is 3.88. The summed E-state index contributed by atoms with van der Waals surface area (Å²) < 4.78 is 1.09. The van der Waals surface area contributed by atoms with Crippen molar-refractivity contribution in [2.45, 2.75) is 0 Å². The summed E-state index contributed by atoms with van der Waals surface area (Å²) in [6.07, 6.45) is 1.63. The lowest BCUT2D eigenvalue weighted by Gasteiger charge is -2.05. The Labute approximate surface area is 96.7 Å². The summed E-state index contributed by atoms with van der Waals surface area (Å²) in [5, 5.41) is 5.34. The molecular formula is C10H11IN2O. The molecule has 3 nitrogen and oxygen atoms in total. The fraction of sp³-hybridized carbons (Fsp3) is 0.100. The first-order chi connectivity index (χ1) is 6.72. The van der Waals surface area contributed by atoms with E-state index in [0.717, 1.165) is 9.26 Å². The number of hydrogen-bond acceptors (Lipinski definition) is 1. The van der Waals surface area contributed by atoms with Crippen LogP contribution in [0.3, 0.4) is 0 Å². The maximum atomic E-state index is 11.2. The third-order valence-electron chi connectivity index (χ3n) is 1.49. The minimum atomic E-state index is -0.216. The van der Waals surface area contributed by atoms with Crippen LogP contribution in [0, 0.1) is 3.57 Å². The minimum Gasteiger partial charge on any atom is -0.334 e. The Morgan fingerprint density at radius 1 is 1.57 bits per heavy atom. The van der Waals surface area contributed by atoms with E-state index in [-0.39, 0.29) is 6.03 Å². The third-order valence-corrected chi connectivity index (χ3v) is 2.16. The number of hydrogen-bond donors (Lipinski definition) is 2. The third kappa shape index (κ3) is 3.78. The van der Waals surface area contributed by atoms with Gasteiger partial charge in [0.1, 0.15) is 0 Å². The monoisotopic (exact) mass is 302 g/mol. The Hall–Kier alpha value is -1.04. The van der Waals surface area contributed by atoms with E-state index in [1.165, 1.54) is 0 Å². The highest BCUT2D eigenvalue weighted by atomic mass is 127. The van der Waals surface area contributed by atoms with E-state index in [0.29, 0.717) is 6.54 Å². The fourth-order valence-corrected chi connectivity index (χ4v) is 1.45. The van der Waals surface area contributed by atoms with E-state index in [9.17, 15) is 4.79 Å². The predicted molar refractivity (Wildman–Crippen MR) is 66.4 cm³/mol. The van der Waals surface area contributed by atoms with Crippen molar-refractivity contribution in [3.8, 4) is 0 Å². The van der Waals surface area contributed by atoms with Gasteiger partial charge >= 0.3 is 6.03 Å². The number of nitrogens with one attached hydrogen (secondary N) is 2. The van der Waals surface area contributed by atoms with Crippen molar-refractivity contribution in [1.29, 1.82) is 0 Å². The first kappa shape index (κ1) is 11.0. The van der Waals surface area contributed by atoms with Gasteiger partial charge in [-0.25, -0.2) is 4.79 Å². The van der Waals surface area contributed by atoms with Crippen molar-refractivity contribution in [2.75, 3.05) is 11.9 Å². The normalized spacial score (nSPS) is 9.21. The molecule has 0 aromatic heterocycles. The molecule has 0 radical (unpaired) electrons. The summed E-state index contributed by atoms with van der Waals surface area (Å²) >= 11 is 2.19. The number of urea groups is 1. The zero-order chi connectivity index (χ0) is 10.4. The van der Waals surface area contributed by atoms with Gasteiger partial charge in [0, 0.05) is 15.8 Å². The molecule has 0 atom stereocenters. The van der Waals surface area contributed by atoms with Gasteiger partial charge in [-0.1, -0.05) is 12.1 Å². The van der Waals surface area contributed by atoms with Crippen molar-refractivity contribution < 1.29 is 4.79 Å². The molecule has 0 saturated heterocycles. The van der Waals surface area contributed by atoms with Crippen LogP contribution in [0.25, 0.3) is 0 Å². The Balaban J connectivity index is 2.51. The van der Waals surface area contributed by atoms with E-state index in [4.69, 9.17) is 0 Å². The Bertz CT molecular complexity index is 339. The first-order valence-electron chi connectivity index (χ1n) is 4.13. The zero-order valence-electron chi connectivity index (χ0n) is 7.59. The molecule has 0 fully saturated rings. The zero-order valence-corrected chi connectivity index (χ0v) is 9.74. The van der Waals surface area contributed by atoms with Gasteiger partial charge in [-0.2, -0.15) is 0 Å². The van der Waals surface area contributed by atoms with Gasteiger partial charge in [-0.05, 0) is 40.8 Å². The van der Waals surface area contributed by atoms with E-state index in [1.54, 1.807) is 6.08 Å². The molecule has 0 unspecified atom stereocenters. The highest BCUT2D eigenvalue weighted by Gasteiger charge is 1.99. The van der Waals surface area contributed by atoms with E-state index < -0.39 is 0 Å². The fourth-order valence-electron chi connectivity index (χ4n) is 0.906. The molecule has 0 saturated carbocycles. The van der Waals surface area contributed by atoms with Gasteiger partial charge in [0.05, 0.1) is 0 Å². The van der Waals surface area contributed by atoms with Gasteiger partial charge in [-0.3, -0.25) is 0 Å². The largest absolute Gasteiger partial charge is 0.334 e. The molecule has 0 aliphatic heterocycles. The van der Waals surface area contributed by atoms with Crippen LogP contribution in [0.2, 0.25) is 0 Å². The van der Waals surface area contributed by atoms with Crippen molar-refractivity contribution in [3.63, 3.8) is 0 Å². The number of amides is 2. The number of carbonyl (C=O) groups excluding carboxylic acids is 1. The SMILES string of the molecule is C=CCNC(=O)Nc1cccc(I)c1. The summed E-state index contributed by atoms with van der Waals surface area (Å²) in [5.74, 6) is 0. The first-order valence-corrected chi connectivity index (χ1v) is 5.21. The van der Waals surface area contributed by atoms with Crippen LogP contribution in [-0.2, 0) is 0 Å². The second-order valence-electron chi connectivity index (χ2n) is 2.63. The predicted octanol–water partition coefficient (Wildman–Crippen LogP) is 2.60. The van der Waals surface area contributed by atoms with Crippen LogP contribution in [0.5, 0.6) is 0 Å². The highest BCUT2D eigenvalue weighted by molar-refractivity contribution is 14.1. The Morgan fingerprint density at radius 2 is 2.36 bits per heavy atom. The summed E-state index contributed by atoms with van der Waals surface area (Å²) in [7, 11) is 0. The van der Waals surface area contributed by atoms with Gasteiger partial charge in [0.25, 0.3) is 0 Å². The highest BCUT2D eigenvalue weighted by Crippen LogP contribution is 2.11. The van der Waals surface area contributed by atoms with E-state index in [1.807, 2.05) is 24.3 Å². The van der Waals surface area contributed by atoms with Gasteiger partial charge in [0.2, 0.25) is 0 Å². The van der Waals surface area contributed by atoms with Crippen molar-refractivity contribution >= 4 is 34.3 Å². The molecular weight excluding hydrogens is 291 g/mol. The Morgan fingerprint density at radius 3 is 3.00 bits per heavy atom.